The van der Waals surface area contributed by atoms with Crippen LogP contribution in [0.4, 0.5) is 0 Å². The Morgan fingerprint density at radius 1 is 1.33 bits per heavy atom. The van der Waals surface area contributed by atoms with Crippen LogP contribution in [0.1, 0.15) is 20.8 Å². The molecule has 0 aliphatic rings. The summed E-state index contributed by atoms with van der Waals surface area (Å²) < 4.78 is 26.1. The average Bonchev–Trinajstić information content (AvgIpc) is 2.17. The third-order valence-corrected chi connectivity index (χ3v) is 4.15. The van der Waals surface area contributed by atoms with Crippen molar-refractivity contribution in [1.82, 2.24) is 0 Å². The van der Waals surface area contributed by atoms with Crippen molar-refractivity contribution in [3.8, 4) is 0 Å². The van der Waals surface area contributed by atoms with Crippen molar-refractivity contribution in [2.24, 2.45) is 0 Å². The zero-order chi connectivity index (χ0) is 12.1. The van der Waals surface area contributed by atoms with Crippen LogP contribution in [0, 0.1) is 0 Å². The number of rotatable bonds is 6. The van der Waals surface area contributed by atoms with E-state index in [1.165, 1.54) is 0 Å². The van der Waals surface area contributed by atoms with Gasteiger partial charge in [0.15, 0.2) is 0 Å². The minimum atomic E-state index is -3.91. The highest BCUT2D eigenvalue weighted by atomic mass is 31.2. The zero-order valence-electron chi connectivity index (χ0n) is 9.35. The van der Waals surface area contributed by atoms with Crippen LogP contribution in [0.3, 0.4) is 0 Å². The molecule has 15 heavy (non-hydrogen) atoms. The predicted octanol–water partition coefficient (Wildman–Crippen LogP) is 1.13. The van der Waals surface area contributed by atoms with Crippen LogP contribution in [0.15, 0.2) is 0 Å². The smallest absolute Gasteiger partial charge is 0.373 e. The monoisotopic (exact) mass is 240 g/mol. The topological polar surface area (TPSA) is 82.1 Å². The van der Waals surface area contributed by atoms with E-state index in [4.69, 9.17) is 9.05 Å². The molecule has 1 N–H and O–H groups in total. The first-order valence-corrected chi connectivity index (χ1v) is 6.10. The summed E-state index contributed by atoms with van der Waals surface area (Å²) in [5.41, 5.74) is 0. The van der Waals surface area contributed by atoms with E-state index in [-0.39, 0.29) is 13.2 Å². The maximum absolute atomic E-state index is 12.0. The van der Waals surface area contributed by atoms with Gasteiger partial charge in [0.05, 0.1) is 20.3 Å². The predicted molar refractivity (Wildman–Crippen MR) is 53.5 cm³/mol. The molecule has 0 aromatic carbocycles. The van der Waals surface area contributed by atoms with Crippen LogP contribution < -0.4 is 0 Å². The molecule has 0 rings (SSSR count). The van der Waals surface area contributed by atoms with Gasteiger partial charge in [-0.25, -0.2) is 4.79 Å². The van der Waals surface area contributed by atoms with Gasteiger partial charge in [0, 0.05) is 0 Å². The molecule has 0 fully saturated rings. The number of aliphatic hydroxyl groups is 1. The highest BCUT2D eigenvalue weighted by molar-refractivity contribution is 7.56. The van der Waals surface area contributed by atoms with E-state index in [0.29, 0.717) is 0 Å². The summed E-state index contributed by atoms with van der Waals surface area (Å²) in [5.74, 6) is -1.05. The van der Waals surface area contributed by atoms with Gasteiger partial charge in [-0.15, -0.1) is 0 Å². The SMILES string of the molecule is CCOP(=O)(OCC)C(C)(O)C(=O)OC. The molecule has 90 valence electrons. The third kappa shape index (κ3) is 3.01. The van der Waals surface area contributed by atoms with Gasteiger partial charge in [0.25, 0.3) is 5.34 Å². The molecule has 7 heteroatoms. The van der Waals surface area contributed by atoms with Crippen LogP contribution in [0.5, 0.6) is 0 Å². The molecule has 0 aliphatic carbocycles. The Labute approximate surface area is 89.1 Å². The largest absolute Gasteiger partial charge is 0.466 e. The van der Waals surface area contributed by atoms with E-state index >= 15 is 0 Å². The lowest BCUT2D eigenvalue weighted by Gasteiger charge is -2.28. The van der Waals surface area contributed by atoms with Gasteiger partial charge >= 0.3 is 13.6 Å². The Morgan fingerprint density at radius 2 is 1.73 bits per heavy atom. The number of hydrogen-bond acceptors (Lipinski definition) is 6. The number of hydrogen-bond donors (Lipinski definition) is 1. The summed E-state index contributed by atoms with van der Waals surface area (Å²) >= 11 is 0. The first-order chi connectivity index (χ1) is 6.85. The number of esters is 1. The van der Waals surface area contributed by atoms with Gasteiger partial charge in [-0.2, -0.15) is 0 Å². The highest BCUT2D eigenvalue weighted by Gasteiger charge is 2.53. The van der Waals surface area contributed by atoms with E-state index in [1.807, 2.05) is 0 Å². The van der Waals surface area contributed by atoms with Crippen molar-refractivity contribution in [2.75, 3.05) is 20.3 Å². The van der Waals surface area contributed by atoms with Gasteiger partial charge in [-0.3, -0.25) is 4.57 Å². The number of methoxy groups -OCH3 is 1. The van der Waals surface area contributed by atoms with Crippen molar-refractivity contribution in [1.29, 1.82) is 0 Å². The fourth-order valence-electron chi connectivity index (χ4n) is 0.934. The van der Waals surface area contributed by atoms with E-state index in [2.05, 4.69) is 4.74 Å². The van der Waals surface area contributed by atoms with Crippen LogP contribution in [0.2, 0.25) is 0 Å². The Bertz CT molecular complexity index is 252. The van der Waals surface area contributed by atoms with Gasteiger partial charge in [-0.05, 0) is 20.8 Å². The molecule has 1 atom stereocenters. The van der Waals surface area contributed by atoms with E-state index < -0.39 is 18.9 Å². The van der Waals surface area contributed by atoms with Gasteiger partial charge in [0.1, 0.15) is 0 Å². The van der Waals surface area contributed by atoms with Gasteiger partial charge in [0.2, 0.25) is 0 Å². The molecule has 0 bridgehead atoms. The fourth-order valence-corrected chi connectivity index (χ4v) is 2.51. The zero-order valence-corrected chi connectivity index (χ0v) is 10.2. The minimum absolute atomic E-state index is 0.0599. The van der Waals surface area contributed by atoms with Crippen molar-refractivity contribution in [2.45, 2.75) is 26.1 Å². The first kappa shape index (κ1) is 14.6. The quantitative estimate of drug-likeness (QED) is 0.553. The Kier molecular flexibility index (Phi) is 5.45. The Hall–Kier alpha value is -0.420. The molecular formula is C8H17O6P. The summed E-state index contributed by atoms with van der Waals surface area (Å²) in [7, 11) is -2.83. The molecule has 0 saturated heterocycles. The van der Waals surface area contributed by atoms with Gasteiger partial charge in [-0.1, -0.05) is 0 Å². The molecule has 0 saturated carbocycles. The maximum atomic E-state index is 12.0. The van der Waals surface area contributed by atoms with Crippen molar-refractivity contribution < 1.29 is 28.3 Å². The lowest BCUT2D eigenvalue weighted by atomic mass is 10.4. The number of carbonyl (C=O) groups excluding carboxylic acids is 1. The fraction of sp³-hybridized carbons (Fsp3) is 0.875. The molecule has 0 amide bonds. The second-order valence-corrected chi connectivity index (χ2v) is 5.23. The first-order valence-electron chi connectivity index (χ1n) is 4.55. The minimum Gasteiger partial charge on any atom is -0.466 e. The molecule has 0 aliphatic heterocycles. The lowest BCUT2D eigenvalue weighted by molar-refractivity contribution is -0.154. The number of carbonyl (C=O) groups is 1. The Balaban J connectivity index is 5.05. The maximum Gasteiger partial charge on any atom is 0.373 e. The summed E-state index contributed by atoms with van der Waals surface area (Å²) in [4.78, 5) is 11.2. The molecule has 0 heterocycles. The summed E-state index contributed by atoms with van der Waals surface area (Å²) in [6.45, 7) is 4.33. The van der Waals surface area contributed by atoms with Crippen LogP contribution in [0.25, 0.3) is 0 Å². The van der Waals surface area contributed by atoms with Crippen LogP contribution >= 0.6 is 7.60 Å². The van der Waals surface area contributed by atoms with Crippen molar-refractivity contribution >= 4 is 13.6 Å². The Morgan fingerprint density at radius 3 is 2.00 bits per heavy atom. The summed E-state index contributed by atoms with van der Waals surface area (Å²) in [5, 5.41) is 7.49. The highest BCUT2D eigenvalue weighted by Crippen LogP contribution is 2.58. The normalized spacial score (nSPS) is 15.8. The second kappa shape index (κ2) is 5.61. The molecular weight excluding hydrogens is 223 g/mol. The molecule has 0 aromatic heterocycles. The van der Waals surface area contributed by atoms with Crippen molar-refractivity contribution in [3.63, 3.8) is 0 Å². The summed E-state index contributed by atoms with van der Waals surface area (Å²) in [6.07, 6.45) is 0. The van der Waals surface area contributed by atoms with Gasteiger partial charge < -0.3 is 18.9 Å². The molecule has 6 nitrogen and oxygen atoms in total. The molecule has 0 radical (unpaired) electrons. The number of ether oxygens (including phenoxy) is 1. The lowest BCUT2D eigenvalue weighted by Crippen LogP contribution is -2.37. The standard InChI is InChI=1S/C8H17O6P/c1-5-13-15(11,14-6-2)8(3,10)7(9)12-4/h10H,5-6H2,1-4H3. The summed E-state index contributed by atoms with van der Waals surface area (Å²) in [6, 6.07) is 0. The molecule has 0 spiro atoms. The van der Waals surface area contributed by atoms with Crippen LogP contribution in [-0.2, 0) is 23.1 Å². The van der Waals surface area contributed by atoms with E-state index in [1.54, 1.807) is 13.8 Å². The average molecular weight is 240 g/mol. The molecule has 0 aromatic rings. The third-order valence-electron chi connectivity index (χ3n) is 1.70. The van der Waals surface area contributed by atoms with Crippen LogP contribution in [-0.4, -0.2) is 36.7 Å². The van der Waals surface area contributed by atoms with E-state index in [0.717, 1.165) is 14.0 Å². The van der Waals surface area contributed by atoms with Crippen molar-refractivity contribution in [3.05, 3.63) is 0 Å². The molecule has 1 unspecified atom stereocenters. The second-order valence-electron chi connectivity index (χ2n) is 2.85. The van der Waals surface area contributed by atoms with E-state index in [9.17, 15) is 14.5 Å².